The largest absolute Gasteiger partial charge is 0.388 e. The molecule has 0 aliphatic carbocycles. The molecule has 1 heterocycles. The van der Waals surface area contributed by atoms with Gasteiger partial charge >= 0.3 is 0 Å². The number of aliphatic hydroxyl groups excluding tert-OH is 1. The van der Waals surface area contributed by atoms with Crippen molar-refractivity contribution in [3.05, 3.63) is 47.3 Å². The summed E-state index contributed by atoms with van der Waals surface area (Å²) in [4.78, 5) is 3.85. The molecule has 4 nitrogen and oxygen atoms in total. The van der Waals surface area contributed by atoms with E-state index in [1.807, 2.05) is 0 Å². The van der Waals surface area contributed by atoms with E-state index in [1.165, 1.54) is 11.0 Å². The van der Waals surface area contributed by atoms with E-state index in [0.717, 1.165) is 0 Å². The first-order valence-corrected chi connectivity index (χ1v) is 5.14. The van der Waals surface area contributed by atoms with Crippen LogP contribution in [-0.2, 0) is 13.5 Å². The lowest BCUT2D eigenvalue weighted by molar-refractivity contribution is 0.169. The second-order valence-corrected chi connectivity index (χ2v) is 3.81. The second kappa shape index (κ2) is 4.77. The molecule has 1 aromatic carbocycles. The van der Waals surface area contributed by atoms with Crippen LogP contribution in [0.2, 0.25) is 0 Å². The van der Waals surface area contributed by atoms with Gasteiger partial charge in [-0.1, -0.05) is 0 Å². The Kier molecular flexibility index (Phi) is 3.33. The number of aliphatic hydroxyl groups is 1. The van der Waals surface area contributed by atoms with Crippen molar-refractivity contribution < 1.29 is 18.3 Å². The van der Waals surface area contributed by atoms with Crippen LogP contribution in [-0.4, -0.2) is 19.9 Å². The molecular weight excluding hydrogens is 247 g/mol. The predicted octanol–water partition coefficient (Wildman–Crippen LogP) is 1.51. The van der Waals surface area contributed by atoms with Gasteiger partial charge in [0.25, 0.3) is 0 Å². The Balaban J connectivity index is 2.26. The zero-order valence-corrected chi connectivity index (χ0v) is 9.44. The monoisotopic (exact) mass is 257 g/mol. The highest BCUT2D eigenvalue weighted by Gasteiger charge is 2.18. The first-order valence-electron chi connectivity index (χ1n) is 5.14. The highest BCUT2D eigenvalue weighted by Crippen LogP contribution is 2.22. The highest BCUT2D eigenvalue weighted by molar-refractivity contribution is 5.23. The van der Waals surface area contributed by atoms with Gasteiger partial charge < -0.3 is 5.11 Å². The van der Waals surface area contributed by atoms with E-state index < -0.39 is 23.6 Å². The molecule has 0 amide bonds. The van der Waals surface area contributed by atoms with Gasteiger partial charge in [0.2, 0.25) is 0 Å². The van der Waals surface area contributed by atoms with E-state index in [2.05, 4.69) is 10.1 Å². The summed E-state index contributed by atoms with van der Waals surface area (Å²) in [5.74, 6) is -3.08. The normalized spacial score (nSPS) is 12.7. The molecule has 0 bridgehead atoms. The molecule has 0 fully saturated rings. The summed E-state index contributed by atoms with van der Waals surface area (Å²) >= 11 is 0. The first kappa shape index (κ1) is 12.6. The maximum Gasteiger partial charge on any atom is 0.161 e. The average Bonchev–Trinajstić information content (AvgIpc) is 2.69. The summed E-state index contributed by atoms with van der Waals surface area (Å²) in [5.41, 5.74) is -0.308. The van der Waals surface area contributed by atoms with Crippen LogP contribution in [0.5, 0.6) is 0 Å². The molecular formula is C11H10F3N3O. The standard InChI is InChI=1S/C11H10F3N3O/c1-17-11(15-5-16-17)4-10(18)6-2-8(13)9(14)3-7(6)12/h2-3,5,10,18H,4H2,1H3. The lowest BCUT2D eigenvalue weighted by Gasteiger charge is -2.11. The van der Waals surface area contributed by atoms with Crippen molar-refractivity contribution in [1.29, 1.82) is 0 Å². The van der Waals surface area contributed by atoms with Crippen molar-refractivity contribution >= 4 is 0 Å². The van der Waals surface area contributed by atoms with Gasteiger partial charge in [-0.25, -0.2) is 18.2 Å². The summed E-state index contributed by atoms with van der Waals surface area (Å²) in [6, 6.07) is 1.05. The smallest absolute Gasteiger partial charge is 0.161 e. The van der Waals surface area contributed by atoms with Crippen LogP contribution in [0.15, 0.2) is 18.5 Å². The lowest BCUT2D eigenvalue weighted by Crippen LogP contribution is -2.10. The highest BCUT2D eigenvalue weighted by atomic mass is 19.2. The van der Waals surface area contributed by atoms with E-state index in [4.69, 9.17) is 0 Å². The number of nitrogens with zero attached hydrogens (tertiary/aromatic N) is 3. The van der Waals surface area contributed by atoms with Crippen molar-refractivity contribution in [2.24, 2.45) is 7.05 Å². The van der Waals surface area contributed by atoms with Gasteiger partial charge in [0.15, 0.2) is 11.6 Å². The van der Waals surface area contributed by atoms with Crippen LogP contribution in [0.25, 0.3) is 0 Å². The average molecular weight is 257 g/mol. The maximum absolute atomic E-state index is 13.4. The topological polar surface area (TPSA) is 50.9 Å². The second-order valence-electron chi connectivity index (χ2n) is 3.81. The first-order chi connectivity index (χ1) is 8.49. The van der Waals surface area contributed by atoms with Crippen LogP contribution < -0.4 is 0 Å². The number of aromatic nitrogens is 3. The van der Waals surface area contributed by atoms with Gasteiger partial charge in [-0.15, -0.1) is 0 Å². The molecule has 0 radical (unpaired) electrons. The summed E-state index contributed by atoms with van der Waals surface area (Å²) in [5, 5.41) is 13.6. The number of halogens is 3. The molecule has 18 heavy (non-hydrogen) atoms. The van der Waals surface area contributed by atoms with Crippen LogP contribution in [0.1, 0.15) is 17.5 Å². The van der Waals surface area contributed by atoms with Crippen molar-refractivity contribution in [2.45, 2.75) is 12.5 Å². The maximum atomic E-state index is 13.4. The predicted molar refractivity (Wildman–Crippen MR) is 56.0 cm³/mol. The van der Waals surface area contributed by atoms with Crippen molar-refractivity contribution in [3.63, 3.8) is 0 Å². The van der Waals surface area contributed by atoms with Crippen LogP contribution in [0, 0.1) is 17.5 Å². The summed E-state index contributed by atoms with van der Waals surface area (Å²) in [6.45, 7) is 0. The minimum absolute atomic E-state index is 0.0432. The zero-order chi connectivity index (χ0) is 13.3. The van der Waals surface area contributed by atoms with Gasteiger partial charge in [-0.05, 0) is 6.07 Å². The minimum atomic E-state index is -1.32. The Morgan fingerprint density at radius 3 is 2.50 bits per heavy atom. The Labute approximate surface area is 101 Å². The molecule has 0 saturated carbocycles. The number of aryl methyl sites for hydroxylation is 1. The fourth-order valence-corrected chi connectivity index (χ4v) is 1.58. The van der Waals surface area contributed by atoms with E-state index >= 15 is 0 Å². The Morgan fingerprint density at radius 2 is 1.89 bits per heavy atom. The lowest BCUT2D eigenvalue weighted by atomic mass is 10.1. The van der Waals surface area contributed by atoms with Gasteiger partial charge in [0, 0.05) is 25.1 Å². The molecule has 1 N–H and O–H groups in total. The Morgan fingerprint density at radius 1 is 1.22 bits per heavy atom. The molecule has 0 saturated heterocycles. The van der Waals surface area contributed by atoms with Crippen LogP contribution in [0.3, 0.4) is 0 Å². The molecule has 7 heteroatoms. The third-order valence-electron chi connectivity index (χ3n) is 2.58. The number of hydrogen-bond donors (Lipinski definition) is 1. The zero-order valence-electron chi connectivity index (χ0n) is 9.44. The van der Waals surface area contributed by atoms with Gasteiger partial charge in [0.05, 0.1) is 6.10 Å². The molecule has 0 spiro atoms. The van der Waals surface area contributed by atoms with Crippen LogP contribution in [0.4, 0.5) is 13.2 Å². The number of hydrogen-bond acceptors (Lipinski definition) is 3. The SMILES string of the molecule is Cn1ncnc1CC(O)c1cc(F)c(F)cc1F. The molecule has 1 unspecified atom stereocenters. The summed E-state index contributed by atoms with van der Waals surface area (Å²) in [6.07, 6.45) is -0.0784. The molecule has 96 valence electrons. The van der Waals surface area contributed by atoms with Crippen LogP contribution >= 0.6 is 0 Å². The summed E-state index contributed by atoms with van der Waals surface area (Å²) in [7, 11) is 1.61. The fourth-order valence-electron chi connectivity index (χ4n) is 1.58. The van der Waals surface area contributed by atoms with E-state index in [0.29, 0.717) is 18.0 Å². The van der Waals surface area contributed by atoms with Gasteiger partial charge in [-0.3, -0.25) is 4.68 Å². The minimum Gasteiger partial charge on any atom is -0.388 e. The van der Waals surface area contributed by atoms with Gasteiger partial charge in [-0.2, -0.15) is 5.10 Å². The quantitative estimate of drug-likeness (QED) is 0.848. The molecule has 1 aromatic heterocycles. The van der Waals surface area contributed by atoms with Crippen molar-refractivity contribution in [1.82, 2.24) is 14.8 Å². The van der Waals surface area contributed by atoms with E-state index in [1.54, 1.807) is 7.05 Å². The Bertz CT molecular complexity index is 571. The summed E-state index contributed by atoms with van der Waals surface area (Å²) < 4.78 is 40.5. The van der Waals surface area contributed by atoms with Gasteiger partial charge in [0.1, 0.15) is 18.0 Å². The molecule has 2 aromatic rings. The fraction of sp³-hybridized carbons (Fsp3) is 0.273. The Hall–Kier alpha value is -1.89. The number of benzene rings is 1. The molecule has 0 aliphatic heterocycles. The third-order valence-corrected chi connectivity index (χ3v) is 2.58. The third kappa shape index (κ3) is 2.35. The molecule has 1 atom stereocenters. The van der Waals surface area contributed by atoms with Crippen molar-refractivity contribution in [3.8, 4) is 0 Å². The number of rotatable bonds is 3. The van der Waals surface area contributed by atoms with E-state index in [9.17, 15) is 18.3 Å². The van der Waals surface area contributed by atoms with E-state index in [-0.39, 0.29) is 12.0 Å². The molecule has 2 rings (SSSR count). The van der Waals surface area contributed by atoms with Crippen molar-refractivity contribution in [2.75, 3.05) is 0 Å². The molecule has 0 aliphatic rings.